The molecule has 1 aliphatic carbocycles. The Morgan fingerprint density at radius 1 is 0.371 bits per heavy atom. The van der Waals surface area contributed by atoms with Crippen molar-refractivity contribution in [1.82, 2.24) is 24.1 Å². The van der Waals surface area contributed by atoms with E-state index in [1.807, 2.05) is 12.1 Å². The first kappa shape index (κ1) is 36.2. The minimum Gasteiger partial charge on any atom is -0.309 e. The number of nitrogens with zero attached hydrogens (tertiary/aromatic N) is 5. The van der Waals surface area contributed by atoms with E-state index in [1.165, 1.54) is 66.0 Å². The zero-order chi connectivity index (χ0) is 41.0. The number of fused-ring (bicyclic) bond motifs is 6. The second kappa shape index (κ2) is 15.1. The van der Waals surface area contributed by atoms with Crippen LogP contribution in [0.4, 0.5) is 0 Å². The summed E-state index contributed by atoms with van der Waals surface area (Å²) in [4.78, 5) is 15.4. The van der Waals surface area contributed by atoms with E-state index in [0.717, 1.165) is 60.0 Å². The molecule has 2 unspecified atom stereocenters. The molecule has 2 atom stereocenters. The first-order valence-electron chi connectivity index (χ1n) is 21.8. The van der Waals surface area contributed by atoms with Gasteiger partial charge in [0.15, 0.2) is 11.6 Å². The minimum atomic E-state index is 0.210. The lowest BCUT2D eigenvalue weighted by Gasteiger charge is -2.30. The van der Waals surface area contributed by atoms with E-state index in [-0.39, 0.29) is 5.92 Å². The molecule has 1 saturated carbocycles. The van der Waals surface area contributed by atoms with Gasteiger partial charge in [-0.1, -0.05) is 164 Å². The van der Waals surface area contributed by atoms with Gasteiger partial charge in [-0.3, -0.25) is 0 Å². The Bertz CT molecular complexity index is 3330. The number of aromatic nitrogens is 5. The average Bonchev–Trinajstić information content (AvgIpc) is 3.87. The second-order valence-electron chi connectivity index (χ2n) is 16.7. The van der Waals surface area contributed by atoms with Crippen LogP contribution in [0.3, 0.4) is 0 Å². The summed E-state index contributed by atoms with van der Waals surface area (Å²) >= 11 is 0. The predicted molar refractivity (Wildman–Crippen MR) is 255 cm³/mol. The van der Waals surface area contributed by atoms with Crippen LogP contribution in [-0.2, 0) is 0 Å². The Labute approximate surface area is 360 Å². The van der Waals surface area contributed by atoms with Crippen molar-refractivity contribution in [3.63, 3.8) is 0 Å². The lowest BCUT2D eigenvalue weighted by molar-refractivity contribution is 0.382. The highest BCUT2D eigenvalue weighted by Crippen LogP contribution is 2.45. The molecule has 3 aromatic heterocycles. The Hall–Kier alpha value is -7.63. The molecule has 0 radical (unpaired) electrons. The fourth-order valence-electron chi connectivity index (χ4n) is 10.2. The lowest BCUT2D eigenvalue weighted by Crippen LogP contribution is -2.17. The standard InChI is InChI=1S/C57H43N5/c1-3-17-38(18-4-1)55-58-56(39-19-5-2-6-20-39)60-57(59-55)43-23-15-22-42(35-43)45-25-7-11-29-50(45)62-53-32-14-10-28-48(53)49-34-33-41(37-54(49)62)40-21-16-24-44(36-40)61-51-30-12-8-26-46(51)47-27-9-13-31-52(47)61/h1-14,16-21,24-34,36-37,42-43H,15,22-23,35H2. The third-order valence-electron chi connectivity index (χ3n) is 13.1. The van der Waals surface area contributed by atoms with Crippen LogP contribution in [0.1, 0.15) is 48.9 Å². The van der Waals surface area contributed by atoms with Crippen molar-refractivity contribution in [2.24, 2.45) is 0 Å². The highest BCUT2D eigenvalue weighted by molar-refractivity contribution is 6.11. The van der Waals surface area contributed by atoms with E-state index in [1.54, 1.807) is 0 Å². The minimum absolute atomic E-state index is 0.210. The molecule has 0 spiro atoms. The van der Waals surface area contributed by atoms with Crippen molar-refractivity contribution in [3.05, 3.63) is 212 Å². The molecule has 296 valence electrons. The molecular formula is C57H43N5. The Morgan fingerprint density at radius 2 is 0.887 bits per heavy atom. The van der Waals surface area contributed by atoms with Crippen molar-refractivity contribution in [2.45, 2.75) is 37.5 Å². The number of rotatable bonds is 7. The molecule has 0 aliphatic heterocycles. The summed E-state index contributed by atoms with van der Waals surface area (Å²) in [6.07, 6.45) is 4.25. The van der Waals surface area contributed by atoms with Gasteiger partial charge in [0.05, 0.1) is 22.1 Å². The SMILES string of the molecule is c1ccc(-c2nc(-c3ccccc3)nc(C3CCCC(c4ccccc4-n4c5ccccc5c5ccc(-c6cccc(-n7c8ccccc8c8ccccc87)c6)cc54)C3)n2)cc1. The third kappa shape index (κ3) is 6.19. The molecule has 0 saturated heterocycles. The average molecular weight is 798 g/mol. The quantitative estimate of drug-likeness (QED) is 0.161. The van der Waals surface area contributed by atoms with Crippen LogP contribution in [0, 0.1) is 0 Å². The fourth-order valence-corrected chi connectivity index (χ4v) is 10.2. The van der Waals surface area contributed by atoms with Crippen molar-refractivity contribution in [2.75, 3.05) is 0 Å². The largest absolute Gasteiger partial charge is 0.309 e. The number of hydrogen-bond acceptors (Lipinski definition) is 3. The molecule has 0 N–H and O–H groups in total. The van der Waals surface area contributed by atoms with E-state index in [4.69, 9.17) is 15.0 Å². The Morgan fingerprint density at radius 3 is 1.55 bits per heavy atom. The smallest absolute Gasteiger partial charge is 0.163 e. The van der Waals surface area contributed by atoms with Gasteiger partial charge in [-0.05, 0) is 84.3 Å². The van der Waals surface area contributed by atoms with Gasteiger partial charge in [-0.15, -0.1) is 0 Å². The van der Waals surface area contributed by atoms with E-state index in [9.17, 15) is 0 Å². The van der Waals surface area contributed by atoms with Crippen LogP contribution in [0.15, 0.2) is 200 Å². The first-order chi connectivity index (χ1) is 30.7. The summed E-state index contributed by atoms with van der Waals surface area (Å²) < 4.78 is 4.92. The van der Waals surface area contributed by atoms with Gasteiger partial charge >= 0.3 is 0 Å². The number of hydrogen-bond donors (Lipinski definition) is 0. The van der Waals surface area contributed by atoms with Gasteiger partial charge in [-0.25, -0.2) is 15.0 Å². The fraction of sp³-hybridized carbons (Fsp3) is 0.105. The molecule has 1 aliphatic rings. The molecule has 8 aromatic carbocycles. The van der Waals surface area contributed by atoms with Gasteiger partial charge in [0, 0.05) is 50.0 Å². The van der Waals surface area contributed by atoms with E-state index in [0.29, 0.717) is 5.92 Å². The van der Waals surface area contributed by atoms with Crippen LogP contribution in [-0.4, -0.2) is 24.1 Å². The van der Waals surface area contributed by atoms with Gasteiger partial charge in [0.2, 0.25) is 0 Å². The molecular weight excluding hydrogens is 755 g/mol. The van der Waals surface area contributed by atoms with Gasteiger partial charge in [-0.2, -0.15) is 0 Å². The zero-order valence-electron chi connectivity index (χ0n) is 34.3. The number of benzene rings is 8. The Kier molecular flexibility index (Phi) is 8.84. The zero-order valence-corrected chi connectivity index (χ0v) is 34.3. The van der Waals surface area contributed by atoms with Crippen molar-refractivity contribution in [3.8, 4) is 45.3 Å². The molecule has 11 aromatic rings. The molecule has 12 rings (SSSR count). The number of para-hydroxylation sites is 4. The van der Waals surface area contributed by atoms with Gasteiger partial charge in [0.1, 0.15) is 5.82 Å². The van der Waals surface area contributed by atoms with Crippen LogP contribution >= 0.6 is 0 Å². The van der Waals surface area contributed by atoms with Crippen molar-refractivity contribution in [1.29, 1.82) is 0 Å². The maximum Gasteiger partial charge on any atom is 0.163 e. The topological polar surface area (TPSA) is 48.5 Å². The molecule has 1 fully saturated rings. The summed E-state index contributed by atoms with van der Waals surface area (Å²) in [7, 11) is 0. The predicted octanol–water partition coefficient (Wildman–Crippen LogP) is 14.5. The third-order valence-corrected chi connectivity index (χ3v) is 13.1. The highest BCUT2D eigenvalue weighted by atomic mass is 15.0. The van der Waals surface area contributed by atoms with E-state index >= 15 is 0 Å². The monoisotopic (exact) mass is 797 g/mol. The molecule has 0 amide bonds. The van der Waals surface area contributed by atoms with Crippen molar-refractivity contribution >= 4 is 43.6 Å². The van der Waals surface area contributed by atoms with Gasteiger partial charge in [0.25, 0.3) is 0 Å². The lowest BCUT2D eigenvalue weighted by atomic mass is 9.77. The van der Waals surface area contributed by atoms with Crippen molar-refractivity contribution < 1.29 is 0 Å². The molecule has 0 bridgehead atoms. The Balaban J connectivity index is 0.954. The molecule has 5 heteroatoms. The molecule has 5 nitrogen and oxygen atoms in total. The highest BCUT2D eigenvalue weighted by Gasteiger charge is 2.30. The van der Waals surface area contributed by atoms with Crippen LogP contribution in [0.2, 0.25) is 0 Å². The second-order valence-corrected chi connectivity index (χ2v) is 16.7. The molecule has 3 heterocycles. The summed E-state index contributed by atoms with van der Waals surface area (Å²) in [5.74, 6) is 2.91. The summed E-state index contributed by atoms with van der Waals surface area (Å²) in [6.45, 7) is 0. The summed E-state index contributed by atoms with van der Waals surface area (Å²) in [5.41, 5.74) is 13.0. The normalized spacial score (nSPS) is 15.5. The van der Waals surface area contributed by atoms with Crippen LogP contribution in [0.5, 0.6) is 0 Å². The maximum atomic E-state index is 5.20. The van der Waals surface area contributed by atoms with E-state index < -0.39 is 0 Å². The van der Waals surface area contributed by atoms with Crippen LogP contribution in [0.25, 0.3) is 88.9 Å². The maximum absolute atomic E-state index is 5.20. The van der Waals surface area contributed by atoms with E-state index in [2.05, 4.69) is 197 Å². The summed E-state index contributed by atoms with van der Waals surface area (Å²) in [6, 6.07) is 72.1. The van der Waals surface area contributed by atoms with Crippen LogP contribution < -0.4 is 0 Å². The summed E-state index contributed by atoms with van der Waals surface area (Å²) in [5, 5.41) is 5.05. The molecule has 62 heavy (non-hydrogen) atoms. The van der Waals surface area contributed by atoms with Gasteiger partial charge < -0.3 is 9.13 Å². The first-order valence-corrected chi connectivity index (χ1v) is 21.8.